The van der Waals surface area contributed by atoms with Crippen LogP contribution in [0.5, 0.6) is 5.75 Å². The first kappa shape index (κ1) is 39.2. The molecule has 15 heteroatoms. The van der Waals surface area contributed by atoms with Crippen LogP contribution >= 0.6 is 7.60 Å². The van der Waals surface area contributed by atoms with Crippen LogP contribution in [0.2, 0.25) is 0 Å². The third-order valence-electron chi connectivity index (χ3n) is 8.47. The van der Waals surface area contributed by atoms with Crippen molar-refractivity contribution >= 4 is 23.7 Å². The summed E-state index contributed by atoms with van der Waals surface area (Å²) in [6, 6.07) is 12.7. The zero-order valence-electron chi connectivity index (χ0n) is 29.0. The molecule has 0 radical (unpaired) electrons. The molecule has 2 saturated heterocycles. The number of hydrogen-bond donors (Lipinski definition) is 2. The summed E-state index contributed by atoms with van der Waals surface area (Å²) in [4.78, 5) is 13.3. The molecule has 2 aromatic rings. The first-order valence-electron chi connectivity index (χ1n) is 16.9. The Morgan fingerprint density at radius 1 is 1.02 bits per heavy atom. The summed E-state index contributed by atoms with van der Waals surface area (Å²) < 4.78 is 74.6. The maximum Gasteiger partial charge on any atom is 0.407 e. The smallest absolute Gasteiger partial charge is 0.407 e. The highest BCUT2D eigenvalue weighted by molar-refractivity contribution is 7.89. The van der Waals surface area contributed by atoms with Gasteiger partial charge in [0.25, 0.3) is 0 Å². The Bertz CT molecular complexity index is 1480. The molecule has 0 bridgehead atoms. The number of nitrogens with zero attached hydrogens (tertiary/aromatic N) is 1. The number of hydrogen-bond acceptors (Lipinski definition) is 11. The summed E-state index contributed by atoms with van der Waals surface area (Å²) in [6.07, 6.45) is -1.35. The van der Waals surface area contributed by atoms with Crippen molar-refractivity contribution in [2.45, 2.75) is 76.4 Å². The molecule has 2 aliphatic heterocycles. The second kappa shape index (κ2) is 18.1. The van der Waals surface area contributed by atoms with Crippen molar-refractivity contribution in [1.29, 1.82) is 0 Å². The molecule has 5 atom stereocenters. The van der Waals surface area contributed by atoms with Crippen LogP contribution in [0.25, 0.3) is 0 Å². The summed E-state index contributed by atoms with van der Waals surface area (Å²) in [5.74, 6) is 0.399. The van der Waals surface area contributed by atoms with Gasteiger partial charge in [-0.3, -0.25) is 4.57 Å². The summed E-state index contributed by atoms with van der Waals surface area (Å²) in [7, 11) is -5.72. The molecular weight excluding hydrogens is 675 g/mol. The van der Waals surface area contributed by atoms with Crippen molar-refractivity contribution in [3.05, 3.63) is 59.7 Å². The minimum Gasteiger partial charge on any atom is -0.497 e. The van der Waals surface area contributed by atoms with Crippen molar-refractivity contribution in [2.75, 3.05) is 52.8 Å². The summed E-state index contributed by atoms with van der Waals surface area (Å²) in [5, 5.41) is 14.4. The number of aliphatic hydroxyl groups excluding tert-OH is 1. The van der Waals surface area contributed by atoms with Crippen LogP contribution in [0.15, 0.2) is 53.4 Å². The number of fused-ring (bicyclic) bond motifs is 1. The molecule has 49 heavy (non-hydrogen) atoms. The number of methoxy groups -OCH3 is 1. The number of amides is 1. The SMILES string of the molecule is CCOP(=O)(CCc1ccc(C[C@H](NC(=O)O[C@H]2CO[C@H]3OCC[C@H]32)[C@H](O)CN(CC(C)C)S(=O)(=O)c2ccc(OC)cc2)cc1)OCC. The Kier molecular flexibility index (Phi) is 14.5. The molecule has 0 saturated carbocycles. The first-order valence-corrected chi connectivity index (χ1v) is 20.0. The Morgan fingerprint density at radius 2 is 1.67 bits per heavy atom. The van der Waals surface area contributed by atoms with Gasteiger partial charge in [-0.25, -0.2) is 13.2 Å². The Labute approximate surface area is 290 Å². The van der Waals surface area contributed by atoms with Crippen LogP contribution in [0.4, 0.5) is 4.79 Å². The third kappa shape index (κ3) is 11.0. The van der Waals surface area contributed by atoms with E-state index < -0.39 is 48.3 Å². The van der Waals surface area contributed by atoms with Crippen molar-refractivity contribution in [2.24, 2.45) is 11.8 Å². The number of alkyl carbamates (subject to hydrolysis) is 1. The molecule has 13 nitrogen and oxygen atoms in total. The zero-order valence-corrected chi connectivity index (χ0v) is 30.7. The standard InChI is InChI=1S/C34H51N2O11PS/c1-6-45-48(39,46-7-2)19-17-25-8-10-26(11-9-25)20-30(35-34(38)47-32-23-44-33-29(32)16-18-43-33)31(37)22-36(21-24(3)4)49(40,41)28-14-12-27(42-5)13-15-28/h8-15,24,29-33,37H,6-7,16-23H2,1-5H3,(H,35,38)/t29-,30-,31+,32-,33+/m0/s1. The zero-order chi connectivity index (χ0) is 35.6. The van der Waals surface area contributed by atoms with Gasteiger partial charge >= 0.3 is 13.7 Å². The van der Waals surface area contributed by atoms with Crippen molar-refractivity contribution < 1.29 is 50.9 Å². The molecule has 2 fully saturated rings. The van der Waals surface area contributed by atoms with Gasteiger partial charge in [-0.05, 0) is 74.4 Å². The number of aryl methyl sites for hydroxylation is 1. The van der Waals surface area contributed by atoms with Crippen LogP contribution in [-0.4, -0.2) is 101 Å². The lowest BCUT2D eigenvalue weighted by Crippen LogP contribution is -2.51. The number of nitrogens with one attached hydrogen (secondary N) is 1. The van der Waals surface area contributed by atoms with Crippen LogP contribution in [0.1, 0.15) is 45.2 Å². The van der Waals surface area contributed by atoms with E-state index in [1.54, 1.807) is 26.0 Å². The fourth-order valence-electron chi connectivity index (χ4n) is 5.99. The molecule has 0 spiro atoms. The van der Waals surface area contributed by atoms with E-state index in [4.69, 9.17) is 28.0 Å². The lowest BCUT2D eigenvalue weighted by Gasteiger charge is -2.31. The number of carbonyl (C=O) groups is 1. The quantitative estimate of drug-likeness (QED) is 0.195. The highest BCUT2D eigenvalue weighted by Crippen LogP contribution is 2.48. The largest absolute Gasteiger partial charge is 0.497 e. The highest BCUT2D eigenvalue weighted by atomic mass is 32.2. The summed E-state index contributed by atoms with van der Waals surface area (Å²) in [6.45, 7) is 8.50. The number of aliphatic hydroxyl groups is 1. The second-order valence-electron chi connectivity index (χ2n) is 12.6. The van der Waals surface area contributed by atoms with Gasteiger partial charge in [0.05, 0.1) is 62.7 Å². The summed E-state index contributed by atoms with van der Waals surface area (Å²) >= 11 is 0. The normalized spacial score (nSPS) is 20.7. The minimum atomic E-state index is -4.01. The van der Waals surface area contributed by atoms with Gasteiger partial charge < -0.3 is 38.4 Å². The van der Waals surface area contributed by atoms with E-state index in [1.807, 2.05) is 38.1 Å². The molecule has 0 aromatic heterocycles. The van der Waals surface area contributed by atoms with Crippen LogP contribution in [-0.2, 0) is 50.7 Å². The van der Waals surface area contributed by atoms with Gasteiger partial charge in [-0.2, -0.15) is 4.31 Å². The summed E-state index contributed by atoms with van der Waals surface area (Å²) in [5.41, 5.74) is 1.70. The van der Waals surface area contributed by atoms with E-state index in [1.165, 1.54) is 23.5 Å². The van der Waals surface area contributed by atoms with E-state index in [-0.39, 0.29) is 62.2 Å². The second-order valence-corrected chi connectivity index (χ2v) is 16.7. The fraction of sp³-hybridized carbons (Fsp3) is 0.618. The number of ether oxygens (including phenoxy) is 4. The van der Waals surface area contributed by atoms with Gasteiger partial charge in [0, 0.05) is 13.1 Å². The minimum absolute atomic E-state index is 0.0474. The lowest BCUT2D eigenvalue weighted by molar-refractivity contribution is -0.0907. The van der Waals surface area contributed by atoms with Gasteiger partial charge in [-0.15, -0.1) is 0 Å². The lowest BCUT2D eigenvalue weighted by atomic mass is 9.99. The molecule has 0 aliphatic carbocycles. The molecular formula is C34H51N2O11PS. The number of sulfonamides is 1. The maximum atomic E-state index is 13.8. The Balaban J connectivity index is 1.52. The maximum absolute atomic E-state index is 13.8. The molecule has 2 aliphatic rings. The van der Waals surface area contributed by atoms with Crippen LogP contribution in [0.3, 0.4) is 0 Å². The van der Waals surface area contributed by atoms with E-state index in [0.29, 0.717) is 25.2 Å². The molecule has 2 heterocycles. The van der Waals surface area contributed by atoms with Crippen molar-refractivity contribution in [3.8, 4) is 5.75 Å². The molecule has 4 rings (SSSR count). The van der Waals surface area contributed by atoms with Gasteiger partial charge in [0.15, 0.2) is 6.29 Å². The average Bonchev–Trinajstić information content (AvgIpc) is 3.69. The molecule has 274 valence electrons. The molecule has 2 N–H and O–H groups in total. The van der Waals surface area contributed by atoms with E-state index in [2.05, 4.69) is 5.32 Å². The Morgan fingerprint density at radius 3 is 2.29 bits per heavy atom. The van der Waals surface area contributed by atoms with E-state index in [0.717, 1.165) is 11.1 Å². The molecule has 1 amide bonds. The number of rotatable bonds is 19. The van der Waals surface area contributed by atoms with Crippen molar-refractivity contribution in [3.63, 3.8) is 0 Å². The van der Waals surface area contributed by atoms with Crippen LogP contribution < -0.4 is 10.1 Å². The van der Waals surface area contributed by atoms with E-state index >= 15 is 0 Å². The molecule has 0 unspecified atom stereocenters. The third-order valence-corrected chi connectivity index (χ3v) is 12.4. The Hall–Kier alpha value is -2.55. The number of carbonyl (C=O) groups excluding carboxylic acids is 1. The molecule has 2 aromatic carbocycles. The predicted octanol–water partition coefficient (Wildman–Crippen LogP) is 4.61. The van der Waals surface area contributed by atoms with Crippen molar-refractivity contribution in [1.82, 2.24) is 9.62 Å². The number of benzene rings is 2. The monoisotopic (exact) mass is 726 g/mol. The fourth-order valence-corrected chi connectivity index (χ4v) is 9.26. The first-order chi connectivity index (χ1) is 23.4. The average molecular weight is 727 g/mol. The van der Waals surface area contributed by atoms with Crippen LogP contribution in [0, 0.1) is 11.8 Å². The highest BCUT2D eigenvalue weighted by Gasteiger charge is 2.44. The van der Waals surface area contributed by atoms with Gasteiger partial charge in [0.2, 0.25) is 10.0 Å². The van der Waals surface area contributed by atoms with Gasteiger partial charge in [0.1, 0.15) is 11.9 Å². The topological polar surface area (TPSA) is 159 Å². The van der Waals surface area contributed by atoms with Gasteiger partial charge in [-0.1, -0.05) is 38.1 Å². The predicted molar refractivity (Wildman–Crippen MR) is 183 cm³/mol. The van der Waals surface area contributed by atoms with E-state index in [9.17, 15) is 22.9 Å².